The molecule has 0 fully saturated rings. The van der Waals surface area contributed by atoms with Crippen molar-refractivity contribution in [3.8, 4) is 5.75 Å². The minimum absolute atomic E-state index is 0.0517. The van der Waals surface area contributed by atoms with Gasteiger partial charge in [-0.3, -0.25) is 9.69 Å². The molecular weight excluding hydrogens is 436 g/mol. The van der Waals surface area contributed by atoms with E-state index >= 15 is 0 Å². The summed E-state index contributed by atoms with van der Waals surface area (Å²) in [7, 11) is 0. The lowest BCUT2D eigenvalue weighted by atomic mass is 10.1. The number of tetrazole rings is 1. The molecule has 4 rings (SSSR count). The van der Waals surface area contributed by atoms with Crippen molar-refractivity contribution in [2.24, 2.45) is 0 Å². The third kappa shape index (κ3) is 5.35. The van der Waals surface area contributed by atoms with Crippen LogP contribution < -0.4 is 10.3 Å². The predicted octanol–water partition coefficient (Wildman–Crippen LogP) is 2.89. The summed E-state index contributed by atoms with van der Waals surface area (Å²) < 4.78 is 12.8. The lowest BCUT2D eigenvalue weighted by Crippen LogP contribution is -2.34. The van der Waals surface area contributed by atoms with Crippen LogP contribution in [0.4, 0.5) is 0 Å². The van der Waals surface area contributed by atoms with E-state index in [1.807, 2.05) is 43.3 Å². The lowest BCUT2D eigenvalue weighted by molar-refractivity contribution is 0.152. The van der Waals surface area contributed by atoms with Crippen molar-refractivity contribution in [2.75, 3.05) is 19.8 Å². The molecule has 0 saturated carbocycles. The second kappa shape index (κ2) is 11.1. The Morgan fingerprint density at radius 1 is 1.26 bits per heavy atom. The van der Waals surface area contributed by atoms with Gasteiger partial charge in [0.2, 0.25) is 0 Å². The number of H-pyrrole nitrogens is 1. The summed E-state index contributed by atoms with van der Waals surface area (Å²) in [4.78, 5) is 18.0. The van der Waals surface area contributed by atoms with Crippen molar-refractivity contribution in [1.82, 2.24) is 30.1 Å². The molecule has 10 nitrogen and oxygen atoms in total. The lowest BCUT2D eigenvalue weighted by Gasteiger charge is -2.30. The fourth-order valence-corrected chi connectivity index (χ4v) is 4.16. The van der Waals surface area contributed by atoms with Gasteiger partial charge in [0.05, 0.1) is 18.9 Å². The molecule has 3 aromatic heterocycles. The van der Waals surface area contributed by atoms with Crippen LogP contribution in [0.2, 0.25) is 0 Å². The van der Waals surface area contributed by atoms with E-state index in [-0.39, 0.29) is 18.2 Å². The number of aliphatic hydroxyl groups is 1. The zero-order chi connectivity index (χ0) is 23.9. The first kappa shape index (κ1) is 23.7. The van der Waals surface area contributed by atoms with Crippen molar-refractivity contribution in [1.29, 1.82) is 0 Å². The van der Waals surface area contributed by atoms with Crippen LogP contribution in [0.25, 0.3) is 10.9 Å². The maximum atomic E-state index is 12.9. The molecular formula is C24H30N6O4. The van der Waals surface area contributed by atoms with E-state index in [2.05, 4.69) is 32.3 Å². The molecule has 1 unspecified atom stereocenters. The van der Waals surface area contributed by atoms with Gasteiger partial charge in [-0.05, 0) is 66.6 Å². The number of nitrogens with one attached hydrogen (secondary N) is 1. The molecule has 0 saturated heterocycles. The van der Waals surface area contributed by atoms with Gasteiger partial charge in [0.15, 0.2) is 5.82 Å². The molecule has 0 aliphatic carbocycles. The number of nitrogens with zero attached hydrogens (tertiary/aromatic N) is 5. The molecule has 3 heterocycles. The van der Waals surface area contributed by atoms with Crippen LogP contribution in [0.1, 0.15) is 49.9 Å². The highest BCUT2D eigenvalue weighted by atomic mass is 16.5. The normalized spacial score (nSPS) is 12.5. The Kier molecular flexibility index (Phi) is 7.71. The van der Waals surface area contributed by atoms with Gasteiger partial charge in [-0.25, -0.2) is 4.68 Å². The van der Waals surface area contributed by atoms with Crippen LogP contribution in [0, 0.1) is 0 Å². The monoisotopic (exact) mass is 466 g/mol. The fourth-order valence-electron chi connectivity index (χ4n) is 4.16. The summed E-state index contributed by atoms with van der Waals surface area (Å²) in [5.74, 6) is 2.20. The van der Waals surface area contributed by atoms with E-state index in [1.165, 1.54) is 0 Å². The fraction of sp³-hybridized carbons (Fsp3) is 0.417. The Morgan fingerprint density at radius 3 is 2.88 bits per heavy atom. The van der Waals surface area contributed by atoms with Crippen molar-refractivity contribution >= 4 is 10.9 Å². The Bertz CT molecular complexity index is 1250. The molecule has 4 aromatic rings. The van der Waals surface area contributed by atoms with Gasteiger partial charge in [0, 0.05) is 36.2 Å². The summed E-state index contributed by atoms with van der Waals surface area (Å²) in [6.07, 6.45) is 2.91. The van der Waals surface area contributed by atoms with Crippen LogP contribution in [-0.2, 0) is 13.1 Å². The number of rotatable bonds is 12. The molecule has 1 aromatic carbocycles. The van der Waals surface area contributed by atoms with Crippen molar-refractivity contribution in [3.63, 3.8) is 0 Å². The first-order valence-electron chi connectivity index (χ1n) is 11.5. The van der Waals surface area contributed by atoms with Gasteiger partial charge >= 0.3 is 0 Å². The van der Waals surface area contributed by atoms with Crippen LogP contribution in [0.5, 0.6) is 5.75 Å². The number of hydrogen-bond donors (Lipinski definition) is 2. The Labute approximate surface area is 197 Å². The molecule has 0 aliphatic rings. The maximum Gasteiger partial charge on any atom is 0.252 e. The van der Waals surface area contributed by atoms with E-state index in [0.29, 0.717) is 44.0 Å². The van der Waals surface area contributed by atoms with Gasteiger partial charge in [-0.1, -0.05) is 6.92 Å². The minimum atomic E-state index is -0.152. The topological polar surface area (TPSA) is 122 Å². The van der Waals surface area contributed by atoms with Crippen LogP contribution >= 0.6 is 0 Å². The zero-order valence-corrected chi connectivity index (χ0v) is 19.5. The molecule has 0 amide bonds. The van der Waals surface area contributed by atoms with Crippen molar-refractivity contribution < 1.29 is 14.3 Å². The SMILES string of the molecule is CCOc1ccc2[nH]c(=O)c(CN(CCCO)C(CC)c3nnnn3Cc3ccco3)cc2c1. The molecule has 2 N–H and O–H groups in total. The molecule has 0 spiro atoms. The molecule has 34 heavy (non-hydrogen) atoms. The molecule has 10 heteroatoms. The van der Waals surface area contributed by atoms with Gasteiger partial charge < -0.3 is 19.2 Å². The smallest absolute Gasteiger partial charge is 0.252 e. The number of aromatic amines is 1. The molecule has 1 atom stereocenters. The maximum absolute atomic E-state index is 12.9. The van der Waals surface area contributed by atoms with Crippen LogP contribution in [-0.4, -0.2) is 55.0 Å². The highest BCUT2D eigenvalue weighted by molar-refractivity contribution is 5.80. The standard InChI is InChI=1S/C24H30N6O4/c1-3-22(23-26-27-28-30(23)16-20-7-5-12-34-20)29(10-6-11-31)15-18-13-17-14-19(33-4-2)8-9-21(17)25-24(18)32/h5,7-9,12-14,22,31H,3-4,6,10-11,15-16H2,1-2H3,(H,25,32). The molecule has 0 bridgehead atoms. The second-order valence-corrected chi connectivity index (χ2v) is 8.05. The molecule has 180 valence electrons. The number of pyridine rings is 1. The average molecular weight is 467 g/mol. The third-order valence-electron chi connectivity index (χ3n) is 5.75. The average Bonchev–Trinajstić information content (AvgIpc) is 3.51. The Morgan fingerprint density at radius 2 is 2.15 bits per heavy atom. The highest BCUT2D eigenvalue weighted by Crippen LogP contribution is 2.26. The number of aromatic nitrogens is 5. The number of benzene rings is 1. The van der Waals surface area contributed by atoms with Crippen molar-refractivity contribution in [3.05, 3.63) is 70.2 Å². The van der Waals surface area contributed by atoms with E-state index < -0.39 is 0 Å². The van der Waals surface area contributed by atoms with Crippen molar-refractivity contribution in [2.45, 2.75) is 45.8 Å². The number of ether oxygens (including phenoxy) is 1. The predicted molar refractivity (Wildman–Crippen MR) is 127 cm³/mol. The quantitative estimate of drug-likeness (QED) is 0.327. The van der Waals surface area contributed by atoms with Crippen LogP contribution in [0.3, 0.4) is 0 Å². The van der Waals surface area contributed by atoms with E-state index in [0.717, 1.165) is 28.8 Å². The third-order valence-corrected chi connectivity index (χ3v) is 5.75. The Hall–Kier alpha value is -3.50. The van der Waals surface area contributed by atoms with E-state index in [1.54, 1.807) is 10.9 Å². The summed E-state index contributed by atoms with van der Waals surface area (Å²) in [5, 5.41) is 22.7. The number of fused-ring (bicyclic) bond motifs is 1. The van der Waals surface area contributed by atoms with E-state index in [9.17, 15) is 9.90 Å². The Balaban J connectivity index is 1.65. The highest BCUT2D eigenvalue weighted by Gasteiger charge is 2.26. The number of aliphatic hydroxyl groups excluding tert-OH is 1. The minimum Gasteiger partial charge on any atom is -0.494 e. The van der Waals surface area contributed by atoms with Gasteiger partial charge in [0.25, 0.3) is 5.56 Å². The van der Waals surface area contributed by atoms with Gasteiger partial charge in [-0.15, -0.1) is 5.10 Å². The zero-order valence-electron chi connectivity index (χ0n) is 19.5. The van der Waals surface area contributed by atoms with Gasteiger partial charge in [0.1, 0.15) is 18.1 Å². The van der Waals surface area contributed by atoms with Crippen LogP contribution in [0.15, 0.2) is 51.9 Å². The molecule has 0 radical (unpaired) electrons. The largest absolute Gasteiger partial charge is 0.494 e. The summed E-state index contributed by atoms with van der Waals surface area (Å²) in [5.41, 5.74) is 1.24. The second-order valence-electron chi connectivity index (χ2n) is 8.05. The number of furan rings is 1. The molecule has 0 aliphatic heterocycles. The summed E-state index contributed by atoms with van der Waals surface area (Å²) in [6.45, 7) is 6.00. The summed E-state index contributed by atoms with van der Waals surface area (Å²) in [6, 6.07) is 11.1. The number of hydrogen-bond acceptors (Lipinski definition) is 8. The first-order valence-corrected chi connectivity index (χ1v) is 11.5. The van der Waals surface area contributed by atoms with E-state index in [4.69, 9.17) is 9.15 Å². The van der Waals surface area contributed by atoms with Gasteiger partial charge in [-0.2, -0.15) is 0 Å². The summed E-state index contributed by atoms with van der Waals surface area (Å²) >= 11 is 0. The first-order chi connectivity index (χ1) is 16.6.